The Morgan fingerprint density at radius 3 is 2.95 bits per heavy atom. The Bertz CT molecular complexity index is 574. The van der Waals surface area contributed by atoms with E-state index >= 15 is 0 Å². The SMILES string of the molecule is O=C(Nc1ccnn1Cc1ccccc1)[C@H]1CCCO1. The van der Waals surface area contributed by atoms with Crippen molar-refractivity contribution in [3.63, 3.8) is 0 Å². The number of hydrogen-bond acceptors (Lipinski definition) is 3. The quantitative estimate of drug-likeness (QED) is 0.926. The standard InChI is InChI=1S/C15H17N3O2/c19-15(13-7-4-10-20-13)17-14-8-9-16-18(14)11-12-5-2-1-3-6-12/h1-3,5-6,8-9,13H,4,7,10-11H2,(H,17,19)/t13-/m1/s1. The van der Waals surface area contributed by atoms with Crippen LogP contribution in [-0.2, 0) is 16.1 Å². The van der Waals surface area contributed by atoms with E-state index in [9.17, 15) is 4.79 Å². The Labute approximate surface area is 117 Å². The first-order valence-electron chi connectivity index (χ1n) is 6.81. The van der Waals surface area contributed by atoms with Gasteiger partial charge in [0.25, 0.3) is 5.91 Å². The van der Waals surface area contributed by atoms with Gasteiger partial charge in [-0.15, -0.1) is 0 Å². The summed E-state index contributed by atoms with van der Waals surface area (Å²) in [7, 11) is 0. The molecule has 1 N–H and O–H groups in total. The van der Waals surface area contributed by atoms with Gasteiger partial charge in [0.1, 0.15) is 11.9 Å². The molecule has 5 nitrogen and oxygen atoms in total. The Morgan fingerprint density at radius 2 is 2.20 bits per heavy atom. The number of nitrogens with one attached hydrogen (secondary N) is 1. The topological polar surface area (TPSA) is 56.2 Å². The van der Waals surface area contributed by atoms with Gasteiger partial charge in [-0.3, -0.25) is 4.79 Å². The molecule has 1 aliphatic rings. The van der Waals surface area contributed by atoms with Crippen molar-refractivity contribution >= 4 is 11.7 Å². The van der Waals surface area contributed by atoms with Gasteiger partial charge in [-0.05, 0) is 18.4 Å². The van der Waals surface area contributed by atoms with E-state index in [-0.39, 0.29) is 12.0 Å². The molecule has 2 heterocycles. The van der Waals surface area contributed by atoms with Gasteiger partial charge in [-0.2, -0.15) is 5.10 Å². The van der Waals surface area contributed by atoms with Gasteiger partial charge in [-0.25, -0.2) is 4.68 Å². The van der Waals surface area contributed by atoms with Crippen molar-refractivity contribution in [3.8, 4) is 0 Å². The summed E-state index contributed by atoms with van der Waals surface area (Å²) in [5.74, 6) is 0.617. The largest absolute Gasteiger partial charge is 0.368 e. The minimum atomic E-state index is -0.324. The zero-order valence-electron chi connectivity index (χ0n) is 11.2. The smallest absolute Gasteiger partial charge is 0.254 e. The summed E-state index contributed by atoms with van der Waals surface area (Å²) in [5, 5.41) is 7.14. The number of nitrogens with zero attached hydrogens (tertiary/aromatic N) is 2. The van der Waals surface area contributed by atoms with E-state index in [4.69, 9.17) is 4.74 Å². The molecule has 0 spiro atoms. The van der Waals surface area contributed by atoms with Gasteiger partial charge in [-0.1, -0.05) is 30.3 Å². The minimum Gasteiger partial charge on any atom is -0.368 e. The molecule has 0 unspecified atom stereocenters. The zero-order valence-corrected chi connectivity index (χ0v) is 11.2. The second-order valence-electron chi connectivity index (χ2n) is 4.85. The third-order valence-electron chi connectivity index (χ3n) is 3.37. The van der Waals surface area contributed by atoms with Crippen LogP contribution in [0.5, 0.6) is 0 Å². The molecule has 0 aliphatic carbocycles. The zero-order chi connectivity index (χ0) is 13.8. The molecule has 0 radical (unpaired) electrons. The lowest BCUT2D eigenvalue weighted by molar-refractivity contribution is -0.124. The second kappa shape index (κ2) is 5.88. The van der Waals surface area contributed by atoms with Gasteiger partial charge >= 0.3 is 0 Å². The van der Waals surface area contributed by atoms with E-state index in [1.165, 1.54) is 0 Å². The minimum absolute atomic E-state index is 0.0858. The van der Waals surface area contributed by atoms with Crippen LogP contribution in [0.2, 0.25) is 0 Å². The number of carbonyl (C=O) groups is 1. The van der Waals surface area contributed by atoms with Crippen molar-refractivity contribution in [2.45, 2.75) is 25.5 Å². The van der Waals surface area contributed by atoms with E-state index < -0.39 is 0 Å². The maximum atomic E-state index is 12.0. The number of rotatable bonds is 4. The van der Waals surface area contributed by atoms with Crippen molar-refractivity contribution in [2.75, 3.05) is 11.9 Å². The number of anilines is 1. The average molecular weight is 271 g/mol. The molecule has 1 aromatic carbocycles. The van der Waals surface area contributed by atoms with Gasteiger partial charge in [0.15, 0.2) is 0 Å². The molecule has 0 bridgehead atoms. The van der Waals surface area contributed by atoms with Gasteiger partial charge in [0.2, 0.25) is 0 Å². The first-order chi connectivity index (χ1) is 9.83. The molecule has 1 aliphatic heterocycles. The second-order valence-corrected chi connectivity index (χ2v) is 4.85. The van der Waals surface area contributed by atoms with Crippen molar-refractivity contribution < 1.29 is 9.53 Å². The third-order valence-corrected chi connectivity index (χ3v) is 3.37. The summed E-state index contributed by atoms with van der Waals surface area (Å²) in [4.78, 5) is 12.0. The van der Waals surface area contributed by atoms with E-state index in [1.807, 2.05) is 30.3 Å². The van der Waals surface area contributed by atoms with Crippen LogP contribution in [0, 0.1) is 0 Å². The number of aromatic nitrogens is 2. The lowest BCUT2D eigenvalue weighted by Crippen LogP contribution is -2.28. The normalized spacial score (nSPS) is 18.1. The molecule has 1 atom stereocenters. The van der Waals surface area contributed by atoms with Crippen molar-refractivity contribution in [2.24, 2.45) is 0 Å². The van der Waals surface area contributed by atoms with Gasteiger partial charge < -0.3 is 10.1 Å². The Kier molecular flexibility index (Phi) is 3.78. The maximum absolute atomic E-state index is 12.0. The Balaban J connectivity index is 1.68. The number of ether oxygens (including phenoxy) is 1. The summed E-state index contributed by atoms with van der Waals surface area (Å²) < 4.78 is 7.16. The summed E-state index contributed by atoms with van der Waals surface area (Å²) >= 11 is 0. The first kappa shape index (κ1) is 12.9. The molecule has 1 fully saturated rings. The van der Waals surface area contributed by atoms with Crippen LogP contribution >= 0.6 is 0 Å². The molecule has 2 aromatic rings. The fraction of sp³-hybridized carbons (Fsp3) is 0.333. The Hall–Kier alpha value is -2.14. The van der Waals surface area contributed by atoms with Gasteiger partial charge in [0.05, 0.1) is 12.7 Å². The van der Waals surface area contributed by atoms with E-state index in [0.717, 1.165) is 18.4 Å². The highest BCUT2D eigenvalue weighted by Gasteiger charge is 2.24. The molecule has 1 aromatic heterocycles. The fourth-order valence-corrected chi connectivity index (χ4v) is 2.31. The average Bonchev–Trinajstić information content (AvgIpc) is 3.12. The van der Waals surface area contributed by atoms with Crippen LogP contribution in [0.3, 0.4) is 0 Å². The lowest BCUT2D eigenvalue weighted by Gasteiger charge is -2.12. The monoisotopic (exact) mass is 271 g/mol. The predicted molar refractivity (Wildman–Crippen MR) is 75.4 cm³/mol. The highest BCUT2D eigenvalue weighted by Crippen LogP contribution is 2.15. The van der Waals surface area contributed by atoms with Crippen LogP contribution < -0.4 is 5.32 Å². The maximum Gasteiger partial charge on any atom is 0.254 e. The molecule has 104 valence electrons. The number of hydrogen-bond donors (Lipinski definition) is 1. The highest BCUT2D eigenvalue weighted by molar-refractivity contribution is 5.93. The molecule has 20 heavy (non-hydrogen) atoms. The number of amides is 1. The summed E-state index contributed by atoms with van der Waals surface area (Å²) in [5.41, 5.74) is 1.14. The van der Waals surface area contributed by atoms with Crippen LogP contribution in [0.4, 0.5) is 5.82 Å². The molecular weight excluding hydrogens is 254 g/mol. The van der Waals surface area contributed by atoms with E-state index in [2.05, 4.69) is 10.4 Å². The molecular formula is C15H17N3O2. The van der Waals surface area contributed by atoms with Crippen molar-refractivity contribution in [1.29, 1.82) is 0 Å². The third kappa shape index (κ3) is 2.88. The summed E-state index contributed by atoms with van der Waals surface area (Å²) in [6.07, 6.45) is 3.10. The van der Waals surface area contributed by atoms with Crippen molar-refractivity contribution in [3.05, 3.63) is 48.2 Å². The lowest BCUT2D eigenvalue weighted by atomic mass is 10.2. The van der Waals surface area contributed by atoms with Crippen LogP contribution in [0.15, 0.2) is 42.6 Å². The summed E-state index contributed by atoms with van der Waals surface area (Å²) in [6, 6.07) is 11.8. The fourth-order valence-electron chi connectivity index (χ4n) is 2.31. The molecule has 1 saturated heterocycles. The first-order valence-corrected chi connectivity index (χ1v) is 6.81. The van der Waals surface area contributed by atoms with Gasteiger partial charge in [0, 0.05) is 12.7 Å². The van der Waals surface area contributed by atoms with E-state index in [0.29, 0.717) is 19.0 Å². The summed E-state index contributed by atoms with van der Waals surface area (Å²) in [6.45, 7) is 1.30. The van der Waals surface area contributed by atoms with E-state index in [1.54, 1.807) is 16.9 Å². The van der Waals surface area contributed by atoms with Crippen LogP contribution in [0.25, 0.3) is 0 Å². The molecule has 1 amide bonds. The predicted octanol–water partition coefficient (Wildman–Crippen LogP) is 2.05. The number of benzene rings is 1. The van der Waals surface area contributed by atoms with Crippen LogP contribution in [0.1, 0.15) is 18.4 Å². The Morgan fingerprint density at radius 1 is 1.35 bits per heavy atom. The molecule has 0 saturated carbocycles. The molecule has 3 rings (SSSR count). The van der Waals surface area contributed by atoms with Crippen molar-refractivity contribution in [1.82, 2.24) is 9.78 Å². The molecule has 5 heteroatoms. The van der Waals surface area contributed by atoms with Crippen LogP contribution in [-0.4, -0.2) is 28.4 Å². The number of carbonyl (C=O) groups excluding carboxylic acids is 1. The highest BCUT2D eigenvalue weighted by atomic mass is 16.5.